The summed E-state index contributed by atoms with van der Waals surface area (Å²) in [5, 5.41) is 10.9. The zero-order valence-electron chi connectivity index (χ0n) is 8.74. The molecule has 5 heteroatoms. The van der Waals surface area contributed by atoms with Crippen LogP contribution in [0, 0.1) is 10.1 Å². The highest BCUT2D eigenvalue weighted by Crippen LogP contribution is 2.35. The lowest BCUT2D eigenvalue weighted by atomic mass is 10.3. The number of nitrogens with zero attached hydrogens (tertiary/aromatic N) is 1. The predicted molar refractivity (Wildman–Crippen MR) is 66.9 cm³/mol. The summed E-state index contributed by atoms with van der Waals surface area (Å²) in [5.74, 6) is 0.739. The Labute approximate surface area is 103 Å². The smallest absolute Gasteiger partial charge is 0.324 e. The Morgan fingerprint density at radius 2 is 1.76 bits per heavy atom. The van der Waals surface area contributed by atoms with E-state index in [9.17, 15) is 10.1 Å². The highest BCUT2D eigenvalue weighted by molar-refractivity contribution is 7.80. The quantitative estimate of drug-likeness (QED) is 0.511. The van der Waals surface area contributed by atoms with E-state index >= 15 is 0 Å². The van der Waals surface area contributed by atoms with Crippen molar-refractivity contribution in [3.05, 3.63) is 58.6 Å². The minimum atomic E-state index is -0.499. The molecular formula is C12H9NO3S. The summed E-state index contributed by atoms with van der Waals surface area (Å²) in [6.07, 6.45) is 0. The monoisotopic (exact) mass is 247 g/mol. The molecule has 86 valence electrons. The van der Waals surface area contributed by atoms with Crippen LogP contribution in [0.5, 0.6) is 11.5 Å². The zero-order valence-corrected chi connectivity index (χ0v) is 9.63. The van der Waals surface area contributed by atoms with E-state index in [1.54, 1.807) is 42.5 Å². The SMILES string of the molecule is O=[N+]([O-])c1c(S)cccc1Oc1ccccc1. The number of benzene rings is 2. The van der Waals surface area contributed by atoms with Crippen molar-refractivity contribution in [3.8, 4) is 11.5 Å². The summed E-state index contributed by atoms with van der Waals surface area (Å²) >= 11 is 4.05. The van der Waals surface area contributed by atoms with E-state index in [2.05, 4.69) is 12.6 Å². The number of nitro groups is 1. The number of thiol groups is 1. The predicted octanol–water partition coefficient (Wildman–Crippen LogP) is 3.68. The highest BCUT2D eigenvalue weighted by Gasteiger charge is 2.19. The normalized spacial score (nSPS) is 9.94. The third-order valence-corrected chi connectivity index (χ3v) is 2.49. The standard InChI is InChI=1S/C12H9NO3S/c14-13(15)12-10(7-4-8-11(12)17)16-9-5-2-1-3-6-9/h1-8,17H. The second-order valence-corrected chi connectivity index (χ2v) is 3.78. The number of nitro benzene ring substituents is 1. The molecule has 0 bridgehead atoms. The number of hydrogen-bond donors (Lipinski definition) is 1. The Bertz CT molecular complexity index is 543. The van der Waals surface area contributed by atoms with Gasteiger partial charge in [0.15, 0.2) is 0 Å². The summed E-state index contributed by atoms with van der Waals surface area (Å²) < 4.78 is 5.46. The van der Waals surface area contributed by atoms with Gasteiger partial charge in [-0.1, -0.05) is 24.3 Å². The Hall–Kier alpha value is -2.01. The molecule has 0 spiro atoms. The van der Waals surface area contributed by atoms with Gasteiger partial charge in [0, 0.05) is 0 Å². The van der Waals surface area contributed by atoms with Crippen LogP contribution in [-0.2, 0) is 0 Å². The summed E-state index contributed by atoms with van der Waals surface area (Å²) in [6, 6.07) is 13.7. The minimum Gasteiger partial charge on any atom is -0.450 e. The maximum atomic E-state index is 10.9. The van der Waals surface area contributed by atoms with Gasteiger partial charge in [0.25, 0.3) is 0 Å². The molecule has 0 atom stereocenters. The molecule has 0 aromatic heterocycles. The first-order valence-corrected chi connectivity index (χ1v) is 5.32. The lowest BCUT2D eigenvalue weighted by molar-refractivity contribution is -0.388. The van der Waals surface area contributed by atoms with Crippen LogP contribution in [-0.4, -0.2) is 4.92 Å². The van der Waals surface area contributed by atoms with Crippen LogP contribution in [0.15, 0.2) is 53.4 Å². The van der Waals surface area contributed by atoms with Gasteiger partial charge in [0.1, 0.15) is 5.75 Å². The van der Waals surface area contributed by atoms with Crippen LogP contribution in [0.2, 0.25) is 0 Å². The molecule has 2 rings (SSSR count). The van der Waals surface area contributed by atoms with Crippen molar-refractivity contribution >= 4 is 18.3 Å². The van der Waals surface area contributed by atoms with E-state index in [1.807, 2.05) is 6.07 Å². The average Bonchev–Trinajstić information content (AvgIpc) is 2.30. The summed E-state index contributed by atoms with van der Waals surface area (Å²) in [5.41, 5.74) is -0.125. The van der Waals surface area contributed by atoms with E-state index in [1.165, 1.54) is 0 Å². The lowest BCUT2D eigenvalue weighted by Gasteiger charge is -2.06. The molecule has 2 aromatic carbocycles. The van der Waals surface area contributed by atoms with Crippen LogP contribution < -0.4 is 4.74 Å². The van der Waals surface area contributed by atoms with Gasteiger partial charge in [-0.2, -0.15) is 0 Å². The molecule has 0 N–H and O–H groups in total. The molecule has 2 aromatic rings. The molecule has 0 fully saturated rings. The Balaban J connectivity index is 2.40. The molecule has 17 heavy (non-hydrogen) atoms. The maximum Gasteiger partial charge on any atom is 0.324 e. The summed E-state index contributed by atoms with van der Waals surface area (Å²) in [7, 11) is 0. The van der Waals surface area contributed by atoms with E-state index in [0.717, 1.165) is 0 Å². The Kier molecular flexibility index (Phi) is 3.30. The number of rotatable bonds is 3. The van der Waals surface area contributed by atoms with Gasteiger partial charge in [0.2, 0.25) is 5.75 Å². The highest BCUT2D eigenvalue weighted by atomic mass is 32.1. The van der Waals surface area contributed by atoms with Crippen molar-refractivity contribution in [2.24, 2.45) is 0 Å². The molecular weight excluding hydrogens is 238 g/mol. The molecule has 0 aliphatic carbocycles. The van der Waals surface area contributed by atoms with Gasteiger partial charge in [0.05, 0.1) is 9.82 Å². The zero-order chi connectivity index (χ0) is 12.3. The molecule has 0 saturated heterocycles. The van der Waals surface area contributed by atoms with Crippen molar-refractivity contribution in [2.75, 3.05) is 0 Å². The average molecular weight is 247 g/mol. The molecule has 0 saturated carbocycles. The maximum absolute atomic E-state index is 10.9. The summed E-state index contributed by atoms with van der Waals surface area (Å²) in [4.78, 5) is 10.7. The van der Waals surface area contributed by atoms with Crippen LogP contribution in [0.3, 0.4) is 0 Å². The molecule has 0 aliphatic heterocycles. The van der Waals surface area contributed by atoms with E-state index in [4.69, 9.17) is 4.74 Å². The first-order chi connectivity index (χ1) is 8.18. The third-order valence-electron chi connectivity index (χ3n) is 2.13. The fourth-order valence-electron chi connectivity index (χ4n) is 1.39. The Morgan fingerprint density at radius 3 is 2.41 bits per heavy atom. The lowest BCUT2D eigenvalue weighted by Crippen LogP contribution is -1.94. The first-order valence-electron chi connectivity index (χ1n) is 4.88. The van der Waals surface area contributed by atoms with Gasteiger partial charge in [-0.15, -0.1) is 12.6 Å². The van der Waals surface area contributed by atoms with E-state index in [-0.39, 0.29) is 16.3 Å². The fourth-order valence-corrected chi connectivity index (χ4v) is 1.67. The molecule has 0 heterocycles. The number of para-hydroxylation sites is 2. The largest absolute Gasteiger partial charge is 0.450 e. The van der Waals surface area contributed by atoms with Crippen molar-refractivity contribution in [2.45, 2.75) is 4.90 Å². The van der Waals surface area contributed by atoms with Crippen molar-refractivity contribution in [3.63, 3.8) is 0 Å². The first kappa shape index (κ1) is 11.5. The van der Waals surface area contributed by atoms with Gasteiger partial charge in [-0.05, 0) is 24.3 Å². The second kappa shape index (κ2) is 4.88. The second-order valence-electron chi connectivity index (χ2n) is 3.30. The van der Waals surface area contributed by atoms with Crippen LogP contribution in [0.1, 0.15) is 0 Å². The van der Waals surface area contributed by atoms with Gasteiger partial charge in [-0.25, -0.2) is 0 Å². The molecule has 4 nitrogen and oxygen atoms in total. The number of hydrogen-bond acceptors (Lipinski definition) is 4. The summed E-state index contributed by atoms with van der Waals surface area (Å²) in [6.45, 7) is 0. The van der Waals surface area contributed by atoms with E-state index < -0.39 is 4.92 Å². The fraction of sp³-hybridized carbons (Fsp3) is 0. The topological polar surface area (TPSA) is 52.4 Å². The van der Waals surface area contributed by atoms with Crippen LogP contribution in [0.4, 0.5) is 5.69 Å². The minimum absolute atomic E-state index is 0.125. The van der Waals surface area contributed by atoms with Crippen molar-refractivity contribution < 1.29 is 9.66 Å². The van der Waals surface area contributed by atoms with Crippen LogP contribution in [0.25, 0.3) is 0 Å². The van der Waals surface area contributed by atoms with Gasteiger partial charge < -0.3 is 4.74 Å². The van der Waals surface area contributed by atoms with Gasteiger partial charge in [-0.3, -0.25) is 10.1 Å². The molecule has 0 aliphatic rings. The molecule has 0 amide bonds. The van der Waals surface area contributed by atoms with Crippen LogP contribution >= 0.6 is 12.6 Å². The third kappa shape index (κ3) is 2.57. The van der Waals surface area contributed by atoms with Crippen molar-refractivity contribution in [1.29, 1.82) is 0 Å². The van der Waals surface area contributed by atoms with Crippen molar-refractivity contribution in [1.82, 2.24) is 0 Å². The number of ether oxygens (including phenoxy) is 1. The molecule has 0 unspecified atom stereocenters. The van der Waals surface area contributed by atoms with Gasteiger partial charge >= 0.3 is 5.69 Å². The Morgan fingerprint density at radius 1 is 1.06 bits per heavy atom. The molecule has 0 radical (unpaired) electrons. The van der Waals surface area contributed by atoms with E-state index in [0.29, 0.717) is 5.75 Å².